The number of hydrogen-bond donors (Lipinski definition) is 1. The quantitative estimate of drug-likeness (QED) is 0.514. The van der Waals surface area contributed by atoms with Crippen LogP contribution in [0.1, 0.15) is 60.7 Å². The molecule has 6 heteroatoms. The average molecular weight is 469 g/mol. The molecule has 1 aromatic heterocycles. The second kappa shape index (κ2) is 9.22. The highest BCUT2D eigenvalue weighted by atomic mass is 32.2. The van der Waals surface area contributed by atoms with Gasteiger partial charge in [0.25, 0.3) is 5.91 Å². The number of carbonyl (C=O) groups is 2. The SMILES string of the molecule is CCN(Cc1cccs1)C(=O)c1ccccc1SCC(=O)NC12CC3CC(CC(C3)C1)C2. The van der Waals surface area contributed by atoms with Crippen molar-refractivity contribution in [3.05, 3.63) is 52.2 Å². The van der Waals surface area contributed by atoms with E-state index in [9.17, 15) is 9.59 Å². The van der Waals surface area contributed by atoms with Gasteiger partial charge in [-0.25, -0.2) is 0 Å². The van der Waals surface area contributed by atoms with Crippen LogP contribution in [0.25, 0.3) is 0 Å². The summed E-state index contributed by atoms with van der Waals surface area (Å²) >= 11 is 3.16. The van der Waals surface area contributed by atoms with Gasteiger partial charge in [-0.2, -0.15) is 0 Å². The van der Waals surface area contributed by atoms with Gasteiger partial charge in [-0.3, -0.25) is 9.59 Å². The van der Waals surface area contributed by atoms with E-state index in [0.717, 1.165) is 22.6 Å². The van der Waals surface area contributed by atoms with E-state index in [1.807, 2.05) is 47.5 Å². The molecule has 1 heterocycles. The van der Waals surface area contributed by atoms with Crippen LogP contribution < -0.4 is 5.32 Å². The summed E-state index contributed by atoms with van der Waals surface area (Å²) in [5.74, 6) is 2.96. The standard InChI is InChI=1S/C26H32N2O2S2/c1-2-28(16-21-6-5-9-31-21)25(30)22-7-3-4-8-23(22)32-17-24(29)27-26-13-18-10-19(14-26)12-20(11-18)15-26/h3-9,18-20H,2,10-17H2,1H3,(H,27,29). The number of amides is 2. The van der Waals surface area contributed by atoms with Gasteiger partial charge in [-0.05, 0) is 86.8 Å². The maximum atomic E-state index is 13.3. The number of benzene rings is 1. The van der Waals surface area contributed by atoms with Crippen molar-refractivity contribution in [1.29, 1.82) is 0 Å². The highest BCUT2D eigenvalue weighted by Gasteiger charge is 2.51. The molecule has 2 aromatic rings. The van der Waals surface area contributed by atoms with E-state index >= 15 is 0 Å². The Morgan fingerprint density at radius 3 is 2.38 bits per heavy atom. The molecule has 170 valence electrons. The molecule has 0 saturated heterocycles. The van der Waals surface area contributed by atoms with Crippen LogP contribution in [0.2, 0.25) is 0 Å². The monoisotopic (exact) mass is 468 g/mol. The van der Waals surface area contributed by atoms with Crippen molar-refractivity contribution in [2.45, 2.75) is 62.4 Å². The smallest absolute Gasteiger partial charge is 0.255 e. The van der Waals surface area contributed by atoms with Crippen molar-refractivity contribution in [3.63, 3.8) is 0 Å². The highest BCUT2D eigenvalue weighted by Crippen LogP contribution is 2.55. The number of hydrogen-bond acceptors (Lipinski definition) is 4. The van der Waals surface area contributed by atoms with Crippen LogP contribution in [0, 0.1) is 17.8 Å². The summed E-state index contributed by atoms with van der Waals surface area (Å²) in [6.07, 6.45) is 7.62. The molecular formula is C26H32N2O2S2. The van der Waals surface area contributed by atoms with E-state index in [1.165, 1.54) is 55.2 Å². The topological polar surface area (TPSA) is 49.4 Å². The van der Waals surface area contributed by atoms with E-state index in [4.69, 9.17) is 0 Å². The highest BCUT2D eigenvalue weighted by molar-refractivity contribution is 8.00. The number of thioether (sulfide) groups is 1. The fourth-order valence-electron chi connectivity index (χ4n) is 6.60. The second-order valence-electron chi connectivity index (χ2n) is 9.93. The minimum Gasteiger partial charge on any atom is -0.350 e. The Kier molecular flexibility index (Phi) is 6.35. The van der Waals surface area contributed by atoms with Crippen LogP contribution in [-0.2, 0) is 11.3 Å². The molecule has 1 aromatic carbocycles. The Morgan fingerprint density at radius 1 is 1.06 bits per heavy atom. The molecule has 4 aliphatic rings. The number of thiophene rings is 1. The predicted molar refractivity (Wildman–Crippen MR) is 131 cm³/mol. The van der Waals surface area contributed by atoms with E-state index < -0.39 is 0 Å². The van der Waals surface area contributed by atoms with Gasteiger partial charge in [0.15, 0.2) is 0 Å². The maximum absolute atomic E-state index is 13.3. The Hall–Kier alpha value is -1.79. The van der Waals surface area contributed by atoms with Crippen molar-refractivity contribution in [2.75, 3.05) is 12.3 Å². The zero-order valence-electron chi connectivity index (χ0n) is 18.7. The first-order chi connectivity index (χ1) is 15.5. The molecule has 0 unspecified atom stereocenters. The number of rotatable bonds is 8. The van der Waals surface area contributed by atoms with E-state index in [-0.39, 0.29) is 17.4 Å². The van der Waals surface area contributed by atoms with Crippen LogP contribution in [0.4, 0.5) is 0 Å². The fourth-order valence-corrected chi connectivity index (χ4v) is 8.16. The third kappa shape index (κ3) is 4.62. The van der Waals surface area contributed by atoms with Crippen LogP contribution >= 0.6 is 23.1 Å². The average Bonchev–Trinajstić information content (AvgIpc) is 3.28. The molecule has 32 heavy (non-hydrogen) atoms. The lowest BCUT2D eigenvalue weighted by molar-refractivity contribution is -0.124. The van der Waals surface area contributed by atoms with Gasteiger partial charge in [-0.15, -0.1) is 23.1 Å². The molecule has 4 bridgehead atoms. The van der Waals surface area contributed by atoms with Crippen LogP contribution in [-0.4, -0.2) is 34.6 Å². The molecule has 0 aliphatic heterocycles. The number of carbonyl (C=O) groups excluding carboxylic acids is 2. The number of nitrogens with zero attached hydrogens (tertiary/aromatic N) is 1. The largest absolute Gasteiger partial charge is 0.350 e. The molecule has 6 rings (SSSR count). The van der Waals surface area contributed by atoms with Crippen LogP contribution in [0.3, 0.4) is 0 Å². The van der Waals surface area contributed by atoms with E-state index in [0.29, 0.717) is 24.4 Å². The van der Waals surface area contributed by atoms with Crippen molar-refractivity contribution in [3.8, 4) is 0 Å². The van der Waals surface area contributed by atoms with Gasteiger partial charge < -0.3 is 10.2 Å². The van der Waals surface area contributed by atoms with Gasteiger partial charge in [0.05, 0.1) is 17.9 Å². The number of nitrogens with one attached hydrogen (secondary N) is 1. The molecule has 4 saturated carbocycles. The third-order valence-corrected chi connectivity index (χ3v) is 9.45. The first kappa shape index (κ1) is 22.0. The van der Waals surface area contributed by atoms with Crippen molar-refractivity contribution in [2.24, 2.45) is 17.8 Å². The zero-order valence-corrected chi connectivity index (χ0v) is 20.4. The minimum atomic E-state index is 0.0329. The molecule has 0 atom stereocenters. The van der Waals surface area contributed by atoms with Gasteiger partial charge in [0, 0.05) is 21.9 Å². The second-order valence-corrected chi connectivity index (χ2v) is 12.0. The van der Waals surface area contributed by atoms with Crippen molar-refractivity contribution < 1.29 is 9.59 Å². The summed E-state index contributed by atoms with van der Waals surface area (Å²) in [7, 11) is 0. The molecule has 4 aliphatic carbocycles. The molecule has 2 amide bonds. The van der Waals surface area contributed by atoms with Gasteiger partial charge >= 0.3 is 0 Å². The maximum Gasteiger partial charge on any atom is 0.255 e. The summed E-state index contributed by atoms with van der Waals surface area (Å²) < 4.78 is 0. The minimum absolute atomic E-state index is 0.0329. The molecule has 0 spiro atoms. The van der Waals surface area contributed by atoms with E-state index in [1.54, 1.807) is 11.3 Å². The van der Waals surface area contributed by atoms with Gasteiger partial charge in [0.1, 0.15) is 0 Å². The Balaban J connectivity index is 1.22. The summed E-state index contributed by atoms with van der Waals surface area (Å²) in [4.78, 5) is 30.2. The van der Waals surface area contributed by atoms with E-state index in [2.05, 4.69) is 11.4 Å². The Morgan fingerprint density at radius 2 is 1.75 bits per heavy atom. The van der Waals surface area contributed by atoms with Crippen molar-refractivity contribution in [1.82, 2.24) is 10.2 Å². The normalized spacial score (nSPS) is 28.0. The summed E-state index contributed by atoms with van der Waals surface area (Å²) in [6, 6.07) is 11.8. The Bertz CT molecular complexity index is 937. The molecule has 4 fully saturated rings. The molecular weight excluding hydrogens is 436 g/mol. The Labute approximate surface area is 199 Å². The summed E-state index contributed by atoms with van der Waals surface area (Å²) in [5.41, 5.74) is 0.736. The third-order valence-electron chi connectivity index (χ3n) is 7.51. The van der Waals surface area contributed by atoms with Gasteiger partial charge in [0.2, 0.25) is 5.91 Å². The first-order valence-corrected chi connectivity index (χ1v) is 13.7. The fraction of sp³-hybridized carbons (Fsp3) is 0.538. The van der Waals surface area contributed by atoms with Crippen molar-refractivity contribution >= 4 is 34.9 Å². The first-order valence-electron chi connectivity index (χ1n) is 11.9. The van der Waals surface area contributed by atoms with Gasteiger partial charge in [-0.1, -0.05) is 18.2 Å². The lowest BCUT2D eigenvalue weighted by atomic mass is 9.53. The molecule has 4 nitrogen and oxygen atoms in total. The lowest BCUT2D eigenvalue weighted by Gasteiger charge is -2.56. The predicted octanol–water partition coefficient (Wildman–Crippen LogP) is 5.59. The summed E-state index contributed by atoms with van der Waals surface area (Å²) in [6.45, 7) is 3.29. The van der Waals surface area contributed by atoms with Crippen LogP contribution in [0.15, 0.2) is 46.7 Å². The molecule has 0 radical (unpaired) electrons. The lowest BCUT2D eigenvalue weighted by Crippen LogP contribution is -2.60. The van der Waals surface area contributed by atoms with Crippen LogP contribution in [0.5, 0.6) is 0 Å². The molecule has 1 N–H and O–H groups in total. The zero-order chi connectivity index (χ0) is 22.1. The summed E-state index contributed by atoms with van der Waals surface area (Å²) in [5, 5.41) is 5.49.